The highest BCUT2D eigenvalue weighted by atomic mass is 35.5. The maximum atomic E-state index is 14.8. The van der Waals surface area contributed by atoms with E-state index in [2.05, 4.69) is 15.0 Å². The monoisotopic (exact) mass is 432 g/mol. The lowest BCUT2D eigenvalue weighted by atomic mass is 9.92. The second-order valence-corrected chi connectivity index (χ2v) is 7.45. The highest BCUT2D eigenvalue weighted by Gasteiger charge is 2.35. The smallest absolute Gasteiger partial charge is 0.226 e. The van der Waals surface area contributed by atoms with Crippen LogP contribution < -0.4 is 4.90 Å². The van der Waals surface area contributed by atoms with Crippen molar-refractivity contribution in [2.24, 2.45) is 0 Å². The Balaban J connectivity index is 1.74. The van der Waals surface area contributed by atoms with E-state index in [0.29, 0.717) is 24.2 Å². The summed E-state index contributed by atoms with van der Waals surface area (Å²) in [5.74, 6) is -2.44. The van der Waals surface area contributed by atoms with E-state index < -0.39 is 29.3 Å². The van der Waals surface area contributed by atoms with Gasteiger partial charge in [0, 0.05) is 34.8 Å². The van der Waals surface area contributed by atoms with Crippen LogP contribution in [-0.4, -0.2) is 21.5 Å². The van der Waals surface area contributed by atoms with Crippen molar-refractivity contribution in [3.8, 4) is 0 Å². The van der Waals surface area contributed by atoms with E-state index in [4.69, 9.17) is 11.6 Å². The minimum atomic E-state index is -0.756. The number of aromatic amines is 1. The van der Waals surface area contributed by atoms with Gasteiger partial charge in [-0.25, -0.2) is 27.5 Å². The molecule has 0 spiro atoms. The van der Waals surface area contributed by atoms with Gasteiger partial charge >= 0.3 is 0 Å². The van der Waals surface area contributed by atoms with E-state index in [9.17, 15) is 17.6 Å². The van der Waals surface area contributed by atoms with Gasteiger partial charge in [0.2, 0.25) is 5.95 Å². The molecule has 1 atom stereocenters. The van der Waals surface area contributed by atoms with Crippen LogP contribution in [0.5, 0.6) is 0 Å². The first-order chi connectivity index (χ1) is 14.4. The summed E-state index contributed by atoms with van der Waals surface area (Å²) in [6.45, 7) is 0.377. The van der Waals surface area contributed by atoms with Gasteiger partial charge in [0.25, 0.3) is 0 Å². The highest BCUT2D eigenvalue weighted by Crippen LogP contribution is 2.41. The molecule has 4 nitrogen and oxygen atoms in total. The van der Waals surface area contributed by atoms with Crippen LogP contribution >= 0.6 is 11.6 Å². The molecule has 0 fully saturated rings. The molecular weight excluding hydrogens is 420 g/mol. The standard InChI is InChI=1S/C21H13ClF4N4/c22-15-6-14-12-3-4-30(21-27-8-11(24)9-28-21)20(13-2-1-10(23)5-16(13)25)19(12)29-18(14)7-17(15)26/h1-2,5-9,20,29H,3-4H2. The molecule has 1 aliphatic heterocycles. The third-order valence-electron chi connectivity index (χ3n) is 5.29. The summed E-state index contributed by atoms with van der Waals surface area (Å²) in [5.41, 5.74) is 2.13. The molecule has 30 heavy (non-hydrogen) atoms. The molecule has 0 saturated heterocycles. The van der Waals surface area contributed by atoms with Crippen LogP contribution in [0.1, 0.15) is 22.9 Å². The van der Waals surface area contributed by atoms with Crippen molar-refractivity contribution in [1.29, 1.82) is 0 Å². The van der Waals surface area contributed by atoms with Crippen LogP contribution in [0.4, 0.5) is 23.5 Å². The van der Waals surface area contributed by atoms with E-state index in [1.54, 1.807) is 4.90 Å². The average molecular weight is 433 g/mol. The number of rotatable bonds is 2. The van der Waals surface area contributed by atoms with Crippen molar-refractivity contribution >= 4 is 28.5 Å². The molecule has 1 N–H and O–H groups in total. The van der Waals surface area contributed by atoms with Gasteiger partial charge in [0.15, 0.2) is 5.82 Å². The fourth-order valence-corrected chi connectivity index (χ4v) is 4.17. The van der Waals surface area contributed by atoms with Crippen molar-refractivity contribution in [2.75, 3.05) is 11.4 Å². The van der Waals surface area contributed by atoms with Gasteiger partial charge in [-0.2, -0.15) is 0 Å². The molecule has 0 aliphatic carbocycles. The van der Waals surface area contributed by atoms with Crippen LogP contribution in [-0.2, 0) is 6.42 Å². The Kier molecular flexibility index (Phi) is 4.39. The summed E-state index contributed by atoms with van der Waals surface area (Å²) in [6.07, 6.45) is 2.56. The lowest BCUT2D eigenvalue weighted by molar-refractivity contribution is 0.542. The zero-order valence-corrected chi connectivity index (χ0v) is 16.0. The second kappa shape index (κ2) is 6.98. The van der Waals surface area contributed by atoms with Gasteiger partial charge in [0.1, 0.15) is 23.5 Å². The third-order valence-corrected chi connectivity index (χ3v) is 5.58. The summed E-state index contributed by atoms with van der Waals surface area (Å²) in [5, 5.41) is 0.710. The quantitative estimate of drug-likeness (QED) is 0.436. The number of hydrogen-bond acceptors (Lipinski definition) is 3. The molecule has 0 bridgehead atoms. The van der Waals surface area contributed by atoms with Crippen LogP contribution in [0.15, 0.2) is 42.7 Å². The second-order valence-electron chi connectivity index (χ2n) is 7.04. The topological polar surface area (TPSA) is 44.8 Å². The largest absolute Gasteiger partial charge is 0.356 e. The number of benzene rings is 2. The number of fused-ring (bicyclic) bond motifs is 3. The van der Waals surface area contributed by atoms with Crippen LogP contribution in [0.3, 0.4) is 0 Å². The Hall–Kier alpha value is -3.13. The maximum absolute atomic E-state index is 14.8. The molecule has 2 aromatic carbocycles. The Bertz CT molecular complexity index is 1270. The summed E-state index contributed by atoms with van der Waals surface area (Å²) in [4.78, 5) is 12.9. The van der Waals surface area contributed by atoms with Crippen molar-refractivity contribution in [3.05, 3.63) is 87.8 Å². The summed E-state index contributed by atoms with van der Waals surface area (Å²) in [7, 11) is 0. The SMILES string of the molecule is Fc1cnc(N2CCc3c([nH]c4cc(F)c(Cl)cc34)C2c2ccc(F)cc2F)nc1. The van der Waals surface area contributed by atoms with Gasteiger partial charge in [-0.15, -0.1) is 0 Å². The summed E-state index contributed by atoms with van der Waals surface area (Å²) >= 11 is 5.97. The van der Waals surface area contributed by atoms with Gasteiger partial charge in [-0.3, -0.25) is 0 Å². The van der Waals surface area contributed by atoms with E-state index in [0.717, 1.165) is 35.5 Å². The van der Waals surface area contributed by atoms with E-state index >= 15 is 0 Å². The summed E-state index contributed by atoms with van der Waals surface area (Å²) < 4.78 is 55.7. The summed E-state index contributed by atoms with van der Waals surface area (Å²) in [6, 6.07) is 5.37. The molecule has 5 rings (SSSR count). The average Bonchev–Trinajstić information content (AvgIpc) is 3.06. The lowest BCUT2D eigenvalue weighted by Gasteiger charge is -2.36. The Morgan fingerprint density at radius 2 is 1.73 bits per heavy atom. The van der Waals surface area contributed by atoms with Gasteiger partial charge in [0.05, 0.1) is 17.4 Å². The Labute approximate surface area is 173 Å². The minimum Gasteiger partial charge on any atom is -0.356 e. The van der Waals surface area contributed by atoms with Crippen molar-refractivity contribution < 1.29 is 17.6 Å². The first-order valence-corrected chi connectivity index (χ1v) is 9.49. The zero-order valence-electron chi connectivity index (χ0n) is 15.3. The van der Waals surface area contributed by atoms with Crippen molar-refractivity contribution in [1.82, 2.24) is 15.0 Å². The first kappa shape index (κ1) is 18.9. The molecule has 9 heteroatoms. The Morgan fingerprint density at radius 1 is 0.967 bits per heavy atom. The molecule has 1 unspecified atom stereocenters. The maximum Gasteiger partial charge on any atom is 0.226 e. The minimum absolute atomic E-state index is 0.0156. The number of aromatic nitrogens is 3. The van der Waals surface area contributed by atoms with E-state index in [1.165, 1.54) is 18.2 Å². The number of hydrogen-bond donors (Lipinski definition) is 1. The third kappa shape index (κ3) is 2.99. The first-order valence-electron chi connectivity index (χ1n) is 9.11. The molecule has 4 aromatic rings. The fourth-order valence-electron chi connectivity index (χ4n) is 4.00. The van der Waals surface area contributed by atoms with Crippen LogP contribution in [0.2, 0.25) is 5.02 Å². The van der Waals surface area contributed by atoms with E-state index in [-0.39, 0.29) is 16.5 Å². The van der Waals surface area contributed by atoms with Crippen LogP contribution in [0.25, 0.3) is 10.9 Å². The molecule has 2 aromatic heterocycles. The van der Waals surface area contributed by atoms with Crippen molar-refractivity contribution in [3.63, 3.8) is 0 Å². The normalized spacial score (nSPS) is 16.2. The molecule has 0 saturated carbocycles. The molecule has 1 aliphatic rings. The molecule has 0 radical (unpaired) electrons. The predicted molar refractivity (Wildman–Crippen MR) is 105 cm³/mol. The number of H-pyrrole nitrogens is 1. The number of nitrogens with one attached hydrogen (secondary N) is 1. The predicted octanol–water partition coefficient (Wildman–Crippen LogP) is 5.32. The lowest BCUT2D eigenvalue weighted by Crippen LogP contribution is -2.37. The molecule has 152 valence electrons. The molecule has 3 heterocycles. The van der Waals surface area contributed by atoms with Crippen LogP contribution in [0, 0.1) is 23.3 Å². The number of nitrogens with zero attached hydrogens (tertiary/aromatic N) is 3. The van der Waals surface area contributed by atoms with Gasteiger partial charge in [-0.05, 0) is 30.2 Å². The van der Waals surface area contributed by atoms with Gasteiger partial charge in [-0.1, -0.05) is 17.7 Å². The van der Waals surface area contributed by atoms with Crippen molar-refractivity contribution in [2.45, 2.75) is 12.5 Å². The number of halogens is 5. The van der Waals surface area contributed by atoms with E-state index in [1.807, 2.05) is 0 Å². The molecule has 0 amide bonds. The fraction of sp³-hybridized carbons (Fsp3) is 0.143. The molecular formula is C21H13ClF4N4. The Morgan fingerprint density at radius 3 is 2.47 bits per heavy atom. The highest BCUT2D eigenvalue weighted by molar-refractivity contribution is 6.31. The van der Waals surface area contributed by atoms with Gasteiger partial charge < -0.3 is 9.88 Å². The number of anilines is 1. The zero-order chi connectivity index (χ0) is 21.0.